The zero-order valence-electron chi connectivity index (χ0n) is 16.3. The van der Waals surface area contributed by atoms with Crippen molar-refractivity contribution >= 4 is 5.97 Å². The molecule has 0 bridgehead atoms. The molecule has 2 atom stereocenters. The second-order valence-electron chi connectivity index (χ2n) is 7.19. The Hall–Kier alpha value is -3.15. The maximum Gasteiger partial charge on any atom is 0.323 e. The van der Waals surface area contributed by atoms with Gasteiger partial charge in [-0.3, -0.25) is 4.79 Å². The number of aliphatic carboxylic acids is 1. The number of carboxylic acid groups (broad SMARTS) is 1. The van der Waals surface area contributed by atoms with Crippen LogP contribution in [0.15, 0.2) is 72.8 Å². The molecule has 0 spiro atoms. The second kappa shape index (κ2) is 7.35. The van der Waals surface area contributed by atoms with Crippen LogP contribution in [-0.2, 0) is 15.1 Å². The molecule has 1 aliphatic rings. The van der Waals surface area contributed by atoms with Crippen molar-refractivity contribution in [1.29, 1.82) is 0 Å². The summed E-state index contributed by atoms with van der Waals surface area (Å²) in [4.78, 5) is 11.5. The zero-order valence-corrected chi connectivity index (χ0v) is 16.3. The molecule has 1 aliphatic carbocycles. The Labute approximate surface area is 169 Å². The number of ether oxygens (including phenoxy) is 2. The number of methoxy groups -OCH3 is 1. The largest absolute Gasteiger partial charge is 0.497 e. The highest BCUT2D eigenvalue weighted by Gasteiger charge is 2.47. The summed E-state index contributed by atoms with van der Waals surface area (Å²) in [5.41, 5.74) is 9.91. The summed E-state index contributed by atoms with van der Waals surface area (Å²) >= 11 is 0. The highest BCUT2D eigenvalue weighted by Crippen LogP contribution is 2.53. The molecule has 0 heterocycles. The van der Waals surface area contributed by atoms with Crippen LogP contribution in [0.25, 0.3) is 11.1 Å². The predicted molar refractivity (Wildman–Crippen MR) is 111 cm³/mol. The number of rotatable bonds is 6. The number of benzene rings is 3. The smallest absolute Gasteiger partial charge is 0.323 e. The lowest BCUT2D eigenvalue weighted by Gasteiger charge is -2.36. The van der Waals surface area contributed by atoms with Gasteiger partial charge in [-0.2, -0.15) is 0 Å². The molecule has 3 N–H and O–H groups in total. The molecule has 0 saturated carbocycles. The molecule has 5 nitrogen and oxygen atoms in total. The van der Waals surface area contributed by atoms with Crippen LogP contribution in [0.5, 0.6) is 5.75 Å². The molecule has 148 valence electrons. The van der Waals surface area contributed by atoms with Crippen LogP contribution in [0.4, 0.5) is 0 Å². The van der Waals surface area contributed by atoms with Crippen molar-refractivity contribution in [3.63, 3.8) is 0 Å². The van der Waals surface area contributed by atoms with Crippen molar-refractivity contribution in [2.24, 2.45) is 5.73 Å². The summed E-state index contributed by atoms with van der Waals surface area (Å²) in [6.45, 7) is 1.70. The SMILES string of the molecule is COc1ccc(C2(O[C@H](C)[C@H](N)C(=O)O)c3ccccc3-c3ccccc32)cc1. The Morgan fingerprint density at radius 1 is 0.931 bits per heavy atom. The van der Waals surface area contributed by atoms with Gasteiger partial charge in [-0.15, -0.1) is 0 Å². The van der Waals surface area contributed by atoms with E-state index in [1.54, 1.807) is 14.0 Å². The van der Waals surface area contributed by atoms with Crippen LogP contribution in [-0.4, -0.2) is 30.3 Å². The van der Waals surface area contributed by atoms with Gasteiger partial charge in [0.1, 0.15) is 17.4 Å². The minimum Gasteiger partial charge on any atom is -0.497 e. The second-order valence-corrected chi connectivity index (χ2v) is 7.19. The van der Waals surface area contributed by atoms with Crippen LogP contribution >= 0.6 is 0 Å². The highest BCUT2D eigenvalue weighted by atomic mass is 16.5. The van der Waals surface area contributed by atoms with Crippen LogP contribution in [0, 0.1) is 0 Å². The first kappa shape index (κ1) is 19.2. The normalized spacial score (nSPS) is 15.8. The molecule has 5 heteroatoms. The highest BCUT2D eigenvalue weighted by molar-refractivity contribution is 5.82. The lowest BCUT2D eigenvalue weighted by molar-refractivity contribution is -0.144. The molecule has 0 fully saturated rings. The first-order chi connectivity index (χ1) is 14.0. The van der Waals surface area contributed by atoms with Crippen LogP contribution in [0.1, 0.15) is 23.6 Å². The van der Waals surface area contributed by atoms with Gasteiger partial charge in [-0.1, -0.05) is 60.7 Å². The molecule has 0 aliphatic heterocycles. The third kappa shape index (κ3) is 2.99. The van der Waals surface area contributed by atoms with E-state index in [1.807, 2.05) is 60.7 Å². The van der Waals surface area contributed by atoms with Gasteiger partial charge >= 0.3 is 5.97 Å². The fourth-order valence-corrected chi connectivity index (χ4v) is 4.08. The maximum absolute atomic E-state index is 11.5. The quantitative estimate of drug-likeness (QED) is 0.670. The fraction of sp³-hybridized carbons (Fsp3) is 0.208. The molecule has 0 amide bonds. The van der Waals surface area contributed by atoms with Crippen molar-refractivity contribution in [2.75, 3.05) is 7.11 Å². The summed E-state index contributed by atoms with van der Waals surface area (Å²) in [6.07, 6.45) is -0.728. The van der Waals surface area contributed by atoms with Crippen molar-refractivity contribution in [3.8, 4) is 16.9 Å². The summed E-state index contributed by atoms with van der Waals surface area (Å²) in [5.74, 6) is -0.360. The first-order valence-corrected chi connectivity index (χ1v) is 9.49. The fourth-order valence-electron chi connectivity index (χ4n) is 4.08. The molecular weight excluding hydrogens is 366 g/mol. The number of hydrogen-bond donors (Lipinski definition) is 2. The van der Waals surface area contributed by atoms with E-state index in [0.29, 0.717) is 0 Å². The van der Waals surface area contributed by atoms with Crippen LogP contribution < -0.4 is 10.5 Å². The van der Waals surface area contributed by atoms with E-state index < -0.39 is 23.7 Å². The predicted octanol–water partition coefficient (Wildman–Crippen LogP) is 3.78. The van der Waals surface area contributed by atoms with Gasteiger partial charge in [0.25, 0.3) is 0 Å². The van der Waals surface area contributed by atoms with E-state index in [1.165, 1.54) is 0 Å². The van der Waals surface area contributed by atoms with Crippen molar-refractivity contribution in [2.45, 2.75) is 24.7 Å². The van der Waals surface area contributed by atoms with Gasteiger partial charge in [0.2, 0.25) is 0 Å². The molecule has 0 saturated heterocycles. The number of carbonyl (C=O) groups is 1. The molecule has 29 heavy (non-hydrogen) atoms. The summed E-state index contributed by atoms with van der Waals surface area (Å²) in [7, 11) is 1.62. The Kier molecular flexibility index (Phi) is 4.86. The van der Waals surface area contributed by atoms with Crippen molar-refractivity contribution < 1.29 is 19.4 Å². The van der Waals surface area contributed by atoms with Gasteiger partial charge in [0, 0.05) is 11.1 Å². The molecule has 3 aromatic rings. The maximum atomic E-state index is 11.5. The van der Waals surface area contributed by atoms with E-state index in [2.05, 4.69) is 12.1 Å². The van der Waals surface area contributed by atoms with Crippen LogP contribution in [0.2, 0.25) is 0 Å². The molecule has 0 aromatic heterocycles. The third-order valence-electron chi connectivity index (χ3n) is 5.55. The van der Waals surface area contributed by atoms with Gasteiger partial charge < -0.3 is 20.3 Å². The molecule has 0 unspecified atom stereocenters. The number of fused-ring (bicyclic) bond motifs is 3. The molecule has 0 radical (unpaired) electrons. The minimum atomic E-state index is -1.15. The van der Waals surface area contributed by atoms with Crippen LogP contribution in [0.3, 0.4) is 0 Å². The van der Waals surface area contributed by atoms with Gasteiger partial charge in [0.05, 0.1) is 13.2 Å². The number of hydrogen-bond acceptors (Lipinski definition) is 4. The molecule has 4 rings (SSSR count). The van der Waals surface area contributed by atoms with E-state index in [4.69, 9.17) is 15.2 Å². The van der Waals surface area contributed by atoms with E-state index in [0.717, 1.165) is 33.6 Å². The van der Waals surface area contributed by atoms with Crippen molar-refractivity contribution in [1.82, 2.24) is 0 Å². The Morgan fingerprint density at radius 3 is 1.93 bits per heavy atom. The summed E-state index contributed by atoms with van der Waals surface area (Å²) < 4.78 is 11.9. The van der Waals surface area contributed by atoms with E-state index in [-0.39, 0.29) is 0 Å². The lowest BCUT2D eigenvalue weighted by Crippen LogP contribution is -2.46. The molecular formula is C24H23NO4. The van der Waals surface area contributed by atoms with Gasteiger partial charge in [-0.25, -0.2) is 0 Å². The standard InChI is InChI=1S/C24H23NO4/c1-15(22(25)23(26)27)29-24(16-11-13-17(28-2)14-12-16)20-9-5-3-7-18(20)19-8-4-6-10-21(19)24/h3-15,22H,25H2,1-2H3,(H,26,27)/t15-,22+/m1/s1. The Bertz CT molecular complexity index is 999. The summed E-state index contributed by atoms with van der Waals surface area (Å²) in [5, 5.41) is 9.42. The minimum absolute atomic E-state index is 0.728. The van der Waals surface area contributed by atoms with Gasteiger partial charge in [0.15, 0.2) is 0 Å². The topological polar surface area (TPSA) is 81.8 Å². The van der Waals surface area contributed by atoms with E-state index >= 15 is 0 Å². The van der Waals surface area contributed by atoms with Gasteiger partial charge in [-0.05, 0) is 35.7 Å². The zero-order chi connectivity index (χ0) is 20.6. The first-order valence-electron chi connectivity index (χ1n) is 9.49. The Morgan fingerprint density at radius 2 is 1.45 bits per heavy atom. The van der Waals surface area contributed by atoms with Crippen molar-refractivity contribution in [3.05, 3.63) is 89.5 Å². The average Bonchev–Trinajstić information content (AvgIpc) is 3.04. The third-order valence-corrected chi connectivity index (χ3v) is 5.55. The monoisotopic (exact) mass is 389 g/mol. The number of nitrogens with two attached hydrogens (primary N) is 1. The van der Waals surface area contributed by atoms with E-state index in [9.17, 15) is 9.90 Å². The lowest BCUT2D eigenvalue weighted by atomic mass is 9.83. The Balaban J connectivity index is 1.97. The summed E-state index contributed by atoms with van der Waals surface area (Å²) in [6, 6.07) is 22.6. The molecule has 3 aromatic carbocycles. The average molecular weight is 389 g/mol. The number of carboxylic acids is 1.